The molecule has 0 aromatic carbocycles. The Labute approximate surface area is 223 Å². The van der Waals surface area contributed by atoms with Crippen LogP contribution in [0.5, 0.6) is 0 Å². The Bertz CT molecular complexity index is 804. The van der Waals surface area contributed by atoms with Crippen molar-refractivity contribution in [2.45, 2.75) is 98.3 Å². The van der Waals surface area contributed by atoms with Crippen LogP contribution < -0.4 is 26.6 Å². The molecule has 5 N–H and O–H groups in total. The summed E-state index contributed by atoms with van der Waals surface area (Å²) in [4.78, 5) is 42.2. The van der Waals surface area contributed by atoms with Crippen LogP contribution in [-0.2, 0) is 9.59 Å². The second-order valence-corrected chi connectivity index (χ2v) is 10.3. The monoisotopic (exact) mass is 518 g/mol. The SMILES string of the molecule is CCC[C@H](NC[C@@H](NC(=O)c1ccncc1)C(C)CC)C(=O)N[C@H](CN[C@@H](C)C(=O)NCC)CC(C)C. The summed E-state index contributed by atoms with van der Waals surface area (Å²) in [7, 11) is 0. The van der Waals surface area contributed by atoms with Crippen molar-refractivity contribution in [3.05, 3.63) is 30.1 Å². The second-order valence-electron chi connectivity index (χ2n) is 10.3. The first-order valence-corrected chi connectivity index (χ1v) is 13.9. The first kappa shape index (κ1) is 32.5. The molecule has 3 amide bonds. The number of aromatic nitrogens is 1. The molecular formula is C28H50N6O3. The number of carbonyl (C=O) groups excluding carboxylic acids is 3. The van der Waals surface area contributed by atoms with Gasteiger partial charge in [-0.2, -0.15) is 0 Å². The minimum atomic E-state index is -0.371. The molecule has 0 aliphatic carbocycles. The number of pyridine rings is 1. The van der Waals surface area contributed by atoms with Crippen LogP contribution in [0.25, 0.3) is 0 Å². The standard InChI is InChI=1S/C28H50N6O3/c1-8-11-24(28(37)33-23(16-19(4)5)17-31-21(7)26(35)30-10-3)32-18-25(20(6)9-2)34-27(36)22-12-14-29-15-13-22/h12-15,19-21,23-25,31-32H,8-11,16-18H2,1-7H3,(H,30,35)(H,33,37)(H,34,36)/t20?,21-,23-,24-,25+/m0/s1. The van der Waals surface area contributed by atoms with E-state index in [-0.39, 0.29) is 47.8 Å². The van der Waals surface area contributed by atoms with Crippen molar-refractivity contribution in [2.75, 3.05) is 19.6 Å². The molecule has 0 spiro atoms. The highest BCUT2D eigenvalue weighted by Gasteiger charge is 2.25. The van der Waals surface area contributed by atoms with Gasteiger partial charge in [-0.3, -0.25) is 19.4 Å². The summed E-state index contributed by atoms with van der Waals surface area (Å²) in [6.45, 7) is 15.8. The highest BCUT2D eigenvalue weighted by Crippen LogP contribution is 2.10. The first-order valence-electron chi connectivity index (χ1n) is 13.9. The van der Waals surface area contributed by atoms with Crippen molar-refractivity contribution in [3.63, 3.8) is 0 Å². The van der Waals surface area contributed by atoms with E-state index in [9.17, 15) is 14.4 Å². The van der Waals surface area contributed by atoms with Crippen molar-refractivity contribution in [1.29, 1.82) is 0 Å². The fraction of sp³-hybridized carbons (Fsp3) is 0.714. The number of nitrogens with zero attached hydrogens (tertiary/aromatic N) is 1. The fourth-order valence-corrected chi connectivity index (χ4v) is 4.12. The van der Waals surface area contributed by atoms with Gasteiger partial charge in [0.05, 0.1) is 12.1 Å². The molecule has 0 aliphatic rings. The molecule has 1 aromatic heterocycles. The normalized spacial score (nSPS) is 15.4. The molecule has 37 heavy (non-hydrogen) atoms. The fourth-order valence-electron chi connectivity index (χ4n) is 4.12. The van der Waals surface area contributed by atoms with Gasteiger partial charge in [-0.15, -0.1) is 0 Å². The third-order valence-electron chi connectivity index (χ3n) is 6.58. The van der Waals surface area contributed by atoms with E-state index < -0.39 is 0 Å². The van der Waals surface area contributed by atoms with Gasteiger partial charge in [0.2, 0.25) is 11.8 Å². The molecule has 0 radical (unpaired) electrons. The van der Waals surface area contributed by atoms with Crippen LogP contribution in [0.4, 0.5) is 0 Å². The Morgan fingerprint density at radius 1 is 0.892 bits per heavy atom. The maximum atomic E-state index is 13.3. The van der Waals surface area contributed by atoms with Gasteiger partial charge in [0, 0.05) is 49.7 Å². The minimum absolute atomic E-state index is 0.0486. The largest absolute Gasteiger partial charge is 0.355 e. The lowest BCUT2D eigenvalue weighted by Gasteiger charge is -2.29. The molecule has 0 aliphatic heterocycles. The summed E-state index contributed by atoms with van der Waals surface area (Å²) in [5.74, 6) is 0.381. The van der Waals surface area contributed by atoms with Crippen molar-refractivity contribution in [1.82, 2.24) is 31.6 Å². The van der Waals surface area contributed by atoms with Gasteiger partial charge in [0.15, 0.2) is 0 Å². The third-order valence-corrected chi connectivity index (χ3v) is 6.58. The minimum Gasteiger partial charge on any atom is -0.355 e. The van der Waals surface area contributed by atoms with E-state index in [2.05, 4.69) is 66.2 Å². The van der Waals surface area contributed by atoms with Crippen molar-refractivity contribution < 1.29 is 14.4 Å². The molecule has 5 atom stereocenters. The molecule has 0 saturated carbocycles. The van der Waals surface area contributed by atoms with Crippen LogP contribution in [0.2, 0.25) is 0 Å². The van der Waals surface area contributed by atoms with Gasteiger partial charge in [-0.25, -0.2) is 0 Å². The Kier molecular flexibility index (Phi) is 15.7. The summed E-state index contributed by atoms with van der Waals surface area (Å²) < 4.78 is 0. The molecular weight excluding hydrogens is 468 g/mol. The Morgan fingerprint density at radius 2 is 1.57 bits per heavy atom. The zero-order valence-electron chi connectivity index (χ0n) is 23.9. The lowest BCUT2D eigenvalue weighted by molar-refractivity contribution is -0.124. The number of carbonyl (C=O) groups is 3. The smallest absolute Gasteiger partial charge is 0.251 e. The molecule has 0 bridgehead atoms. The van der Waals surface area contributed by atoms with Gasteiger partial charge in [0.1, 0.15) is 0 Å². The van der Waals surface area contributed by atoms with Crippen LogP contribution >= 0.6 is 0 Å². The summed E-state index contributed by atoms with van der Waals surface area (Å²) in [5, 5.41) is 15.8. The topological polar surface area (TPSA) is 124 Å². The van der Waals surface area contributed by atoms with Crippen LogP contribution in [0.1, 0.15) is 84.5 Å². The lowest BCUT2D eigenvalue weighted by atomic mass is 9.97. The van der Waals surface area contributed by atoms with Crippen LogP contribution in [-0.4, -0.2) is 66.5 Å². The number of likely N-dealkylation sites (N-methyl/N-ethyl adjacent to an activating group) is 1. The molecule has 1 heterocycles. The zero-order valence-corrected chi connectivity index (χ0v) is 23.9. The van der Waals surface area contributed by atoms with Gasteiger partial charge in [-0.1, -0.05) is 47.5 Å². The molecule has 1 rings (SSSR count). The van der Waals surface area contributed by atoms with E-state index in [4.69, 9.17) is 0 Å². The average molecular weight is 519 g/mol. The van der Waals surface area contributed by atoms with Crippen LogP contribution in [0.15, 0.2) is 24.5 Å². The van der Waals surface area contributed by atoms with E-state index in [0.29, 0.717) is 37.5 Å². The van der Waals surface area contributed by atoms with E-state index >= 15 is 0 Å². The first-order chi connectivity index (χ1) is 17.6. The maximum absolute atomic E-state index is 13.3. The summed E-state index contributed by atoms with van der Waals surface area (Å²) in [6, 6.07) is 2.46. The number of nitrogens with one attached hydrogen (secondary N) is 5. The van der Waals surface area contributed by atoms with Crippen molar-refractivity contribution >= 4 is 17.7 Å². The predicted octanol–water partition coefficient (Wildman–Crippen LogP) is 2.63. The van der Waals surface area contributed by atoms with Crippen LogP contribution in [0.3, 0.4) is 0 Å². The second kappa shape index (κ2) is 17.9. The molecule has 0 saturated heterocycles. The van der Waals surface area contributed by atoms with Crippen molar-refractivity contribution in [2.24, 2.45) is 11.8 Å². The molecule has 1 unspecified atom stereocenters. The third kappa shape index (κ3) is 12.5. The Morgan fingerprint density at radius 3 is 2.14 bits per heavy atom. The maximum Gasteiger partial charge on any atom is 0.251 e. The summed E-state index contributed by atoms with van der Waals surface area (Å²) >= 11 is 0. The number of amides is 3. The highest BCUT2D eigenvalue weighted by atomic mass is 16.2. The quantitative estimate of drug-likeness (QED) is 0.204. The Hall–Kier alpha value is -2.52. The van der Waals surface area contributed by atoms with E-state index in [0.717, 1.165) is 19.3 Å². The molecule has 9 nitrogen and oxygen atoms in total. The molecule has 0 fully saturated rings. The molecule has 1 aromatic rings. The predicted molar refractivity (Wildman–Crippen MR) is 149 cm³/mol. The zero-order chi connectivity index (χ0) is 27.8. The molecule has 210 valence electrons. The number of hydrogen-bond acceptors (Lipinski definition) is 6. The van der Waals surface area contributed by atoms with E-state index in [1.54, 1.807) is 24.5 Å². The lowest BCUT2D eigenvalue weighted by Crippen LogP contribution is -2.55. The number of rotatable bonds is 18. The summed E-state index contributed by atoms with van der Waals surface area (Å²) in [6.07, 6.45) is 6.45. The number of hydrogen-bond donors (Lipinski definition) is 5. The van der Waals surface area contributed by atoms with Crippen LogP contribution in [0, 0.1) is 11.8 Å². The summed E-state index contributed by atoms with van der Waals surface area (Å²) in [5.41, 5.74) is 0.567. The molecule has 9 heteroatoms. The Balaban J connectivity index is 2.82. The van der Waals surface area contributed by atoms with Crippen molar-refractivity contribution in [3.8, 4) is 0 Å². The van der Waals surface area contributed by atoms with Gasteiger partial charge >= 0.3 is 0 Å². The van der Waals surface area contributed by atoms with E-state index in [1.807, 2.05) is 13.8 Å². The van der Waals surface area contributed by atoms with Gasteiger partial charge < -0.3 is 26.6 Å². The van der Waals surface area contributed by atoms with E-state index in [1.165, 1.54) is 0 Å². The highest BCUT2D eigenvalue weighted by molar-refractivity contribution is 5.94. The van der Waals surface area contributed by atoms with Gasteiger partial charge in [-0.05, 0) is 50.7 Å². The average Bonchev–Trinajstić information content (AvgIpc) is 2.88. The van der Waals surface area contributed by atoms with Gasteiger partial charge in [0.25, 0.3) is 5.91 Å².